The van der Waals surface area contributed by atoms with Crippen LogP contribution in [-0.4, -0.2) is 14.6 Å². The van der Waals surface area contributed by atoms with E-state index in [1.54, 1.807) is 10.7 Å². The molecule has 0 aliphatic carbocycles. The second-order valence-corrected chi connectivity index (χ2v) is 5.27. The molecule has 0 N–H and O–H groups in total. The number of hydrogen-bond donors (Lipinski definition) is 0. The first-order chi connectivity index (χ1) is 8.67. The topological polar surface area (TPSA) is 30.2 Å². The summed E-state index contributed by atoms with van der Waals surface area (Å²) in [6.45, 7) is 6.74. The van der Waals surface area contributed by atoms with Crippen molar-refractivity contribution in [2.75, 3.05) is 0 Å². The third kappa shape index (κ3) is 2.51. The van der Waals surface area contributed by atoms with Crippen LogP contribution in [0.5, 0.6) is 0 Å². The normalized spacial score (nSPS) is 14.9. The van der Waals surface area contributed by atoms with Crippen molar-refractivity contribution in [3.05, 3.63) is 29.2 Å². The lowest BCUT2D eigenvalue weighted by Gasteiger charge is -2.22. The third-order valence-corrected chi connectivity index (χ3v) is 3.86. The van der Waals surface area contributed by atoms with Crippen molar-refractivity contribution in [2.24, 2.45) is 5.92 Å². The van der Waals surface area contributed by atoms with Crippen LogP contribution in [0.25, 0.3) is 5.65 Å². The standard InChI is InChI=1S/C14H20ClN3/c1-4-6-10(3)11(5-2)12-9-13(15)18-14(17-12)7-8-16-18/h7-11H,4-6H2,1-3H3. The highest BCUT2D eigenvalue weighted by Gasteiger charge is 2.19. The number of hydrogen-bond acceptors (Lipinski definition) is 2. The van der Waals surface area contributed by atoms with Crippen LogP contribution in [-0.2, 0) is 0 Å². The fourth-order valence-corrected chi connectivity index (χ4v) is 2.88. The molecule has 0 fully saturated rings. The van der Waals surface area contributed by atoms with E-state index >= 15 is 0 Å². The van der Waals surface area contributed by atoms with Gasteiger partial charge in [-0.15, -0.1) is 0 Å². The highest BCUT2D eigenvalue weighted by Crippen LogP contribution is 2.31. The molecule has 0 amide bonds. The third-order valence-electron chi connectivity index (χ3n) is 3.59. The molecule has 2 rings (SSSR count). The Balaban J connectivity index is 2.38. The number of aromatic nitrogens is 3. The van der Waals surface area contributed by atoms with E-state index in [2.05, 4.69) is 30.9 Å². The summed E-state index contributed by atoms with van der Waals surface area (Å²) < 4.78 is 1.67. The summed E-state index contributed by atoms with van der Waals surface area (Å²) in [4.78, 5) is 4.69. The van der Waals surface area contributed by atoms with Gasteiger partial charge in [0.2, 0.25) is 0 Å². The summed E-state index contributed by atoms with van der Waals surface area (Å²) in [6, 6.07) is 3.86. The Labute approximate surface area is 113 Å². The van der Waals surface area contributed by atoms with Gasteiger partial charge in [0.05, 0.1) is 6.20 Å². The van der Waals surface area contributed by atoms with Gasteiger partial charge in [0.25, 0.3) is 0 Å². The van der Waals surface area contributed by atoms with Gasteiger partial charge in [0, 0.05) is 17.7 Å². The number of fused-ring (bicyclic) bond motifs is 1. The molecular weight excluding hydrogens is 246 g/mol. The summed E-state index contributed by atoms with van der Waals surface area (Å²) in [5.41, 5.74) is 1.93. The second-order valence-electron chi connectivity index (χ2n) is 4.89. The van der Waals surface area contributed by atoms with Gasteiger partial charge in [-0.2, -0.15) is 5.10 Å². The van der Waals surface area contributed by atoms with Crippen LogP contribution in [0.2, 0.25) is 5.15 Å². The van der Waals surface area contributed by atoms with Crippen LogP contribution in [0.4, 0.5) is 0 Å². The smallest absolute Gasteiger partial charge is 0.156 e. The maximum absolute atomic E-state index is 6.25. The van der Waals surface area contributed by atoms with Crippen LogP contribution >= 0.6 is 11.6 Å². The molecular formula is C14H20ClN3. The highest BCUT2D eigenvalue weighted by molar-refractivity contribution is 6.29. The summed E-state index contributed by atoms with van der Waals surface area (Å²) in [7, 11) is 0. The molecule has 0 bridgehead atoms. The van der Waals surface area contributed by atoms with E-state index in [1.165, 1.54) is 12.8 Å². The minimum atomic E-state index is 0.474. The Morgan fingerprint density at radius 1 is 1.39 bits per heavy atom. The first-order valence-corrected chi connectivity index (χ1v) is 7.05. The van der Waals surface area contributed by atoms with Crippen molar-refractivity contribution in [1.82, 2.24) is 14.6 Å². The van der Waals surface area contributed by atoms with Crippen molar-refractivity contribution in [3.63, 3.8) is 0 Å². The predicted octanol–water partition coefficient (Wildman–Crippen LogP) is 4.31. The fourth-order valence-electron chi connectivity index (χ4n) is 2.64. The van der Waals surface area contributed by atoms with Gasteiger partial charge < -0.3 is 0 Å². The van der Waals surface area contributed by atoms with Gasteiger partial charge in [-0.3, -0.25) is 0 Å². The highest BCUT2D eigenvalue weighted by atomic mass is 35.5. The molecule has 98 valence electrons. The van der Waals surface area contributed by atoms with E-state index in [4.69, 9.17) is 11.6 Å². The first-order valence-electron chi connectivity index (χ1n) is 6.67. The molecule has 0 aliphatic heterocycles. The van der Waals surface area contributed by atoms with E-state index in [9.17, 15) is 0 Å². The van der Waals surface area contributed by atoms with E-state index in [0.29, 0.717) is 17.0 Å². The van der Waals surface area contributed by atoms with Gasteiger partial charge >= 0.3 is 0 Å². The minimum absolute atomic E-state index is 0.474. The largest absolute Gasteiger partial charge is 0.233 e. The maximum Gasteiger partial charge on any atom is 0.156 e. The Bertz CT molecular complexity index is 521. The monoisotopic (exact) mass is 265 g/mol. The lowest BCUT2D eigenvalue weighted by atomic mass is 9.85. The second kappa shape index (κ2) is 5.70. The lowest BCUT2D eigenvalue weighted by Crippen LogP contribution is -2.11. The minimum Gasteiger partial charge on any atom is -0.233 e. The SMILES string of the molecule is CCCC(C)C(CC)c1cc(Cl)n2nccc2n1. The van der Waals surface area contributed by atoms with Crippen molar-refractivity contribution < 1.29 is 0 Å². The molecule has 0 radical (unpaired) electrons. The van der Waals surface area contributed by atoms with Crippen molar-refractivity contribution in [3.8, 4) is 0 Å². The Morgan fingerprint density at radius 2 is 2.17 bits per heavy atom. The van der Waals surface area contributed by atoms with Gasteiger partial charge in [0.1, 0.15) is 5.15 Å². The Morgan fingerprint density at radius 3 is 2.83 bits per heavy atom. The van der Waals surface area contributed by atoms with E-state index in [0.717, 1.165) is 17.8 Å². The molecule has 0 aromatic carbocycles. The summed E-state index contributed by atoms with van der Waals surface area (Å²) in [5.74, 6) is 1.11. The summed E-state index contributed by atoms with van der Waals surface area (Å²) >= 11 is 6.25. The Kier molecular flexibility index (Phi) is 4.23. The fraction of sp³-hybridized carbons (Fsp3) is 0.571. The quantitative estimate of drug-likeness (QED) is 0.754. The molecule has 0 aliphatic rings. The van der Waals surface area contributed by atoms with E-state index < -0.39 is 0 Å². The van der Waals surface area contributed by atoms with Gasteiger partial charge in [0.15, 0.2) is 5.65 Å². The van der Waals surface area contributed by atoms with Gasteiger partial charge in [-0.1, -0.05) is 45.2 Å². The zero-order chi connectivity index (χ0) is 13.1. The Hall–Kier alpha value is -1.09. The zero-order valence-corrected chi connectivity index (χ0v) is 12.0. The first kappa shape index (κ1) is 13.3. The molecule has 2 aromatic heterocycles. The molecule has 0 spiro atoms. The molecule has 18 heavy (non-hydrogen) atoms. The molecule has 2 unspecified atom stereocenters. The molecule has 3 nitrogen and oxygen atoms in total. The van der Waals surface area contributed by atoms with Crippen LogP contribution < -0.4 is 0 Å². The molecule has 4 heteroatoms. The maximum atomic E-state index is 6.25. The van der Waals surface area contributed by atoms with Crippen LogP contribution in [0, 0.1) is 5.92 Å². The molecule has 2 aromatic rings. The average Bonchev–Trinajstić information content (AvgIpc) is 2.79. The molecule has 0 saturated carbocycles. The van der Waals surface area contributed by atoms with Crippen molar-refractivity contribution in [1.29, 1.82) is 0 Å². The number of halogens is 1. The number of nitrogens with zero attached hydrogens (tertiary/aromatic N) is 3. The molecule has 2 heterocycles. The molecule has 0 saturated heterocycles. The van der Waals surface area contributed by atoms with Crippen LogP contribution in [0.3, 0.4) is 0 Å². The average molecular weight is 266 g/mol. The van der Waals surface area contributed by atoms with Crippen LogP contribution in [0.15, 0.2) is 18.3 Å². The van der Waals surface area contributed by atoms with E-state index in [-0.39, 0.29) is 0 Å². The predicted molar refractivity (Wildman–Crippen MR) is 75.1 cm³/mol. The zero-order valence-electron chi connectivity index (χ0n) is 11.2. The number of rotatable bonds is 5. The lowest BCUT2D eigenvalue weighted by molar-refractivity contribution is 0.408. The van der Waals surface area contributed by atoms with Gasteiger partial charge in [-0.05, 0) is 18.4 Å². The van der Waals surface area contributed by atoms with Crippen molar-refractivity contribution in [2.45, 2.75) is 46.0 Å². The van der Waals surface area contributed by atoms with E-state index in [1.807, 2.05) is 12.1 Å². The van der Waals surface area contributed by atoms with Gasteiger partial charge in [-0.25, -0.2) is 9.50 Å². The van der Waals surface area contributed by atoms with Crippen LogP contribution in [0.1, 0.15) is 51.6 Å². The summed E-state index contributed by atoms with van der Waals surface area (Å²) in [5, 5.41) is 4.79. The van der Waals surface area contributed by atoms with Crippen molar-refractivity contribution >= 4 is 17.2 Å². The molecule has 2 atom stereocenters. The summed E-state index contributed by atoms with van der Waals surface area (Å²) in [6.07, 6.45) is 5.26.